The molecule has 0 amide bonds. The minimum absolute atomic E-state index is 0.00866. The van der Waals surface area contributed by atoms with Crippen molar-refractivity contribution in [1.82, 2.24) is 0 Å². The predicted octanol–water partition coefficient (Wildman–Crippen LogP) is 1.40. The van der Waals surface area contributed by atoms with Crippen LogP contribution in [0.1, 0.15) is 19.8 Å². The van der Waals surface area contributed by atoms with Gasteiger partial charge in [0.1, 0.15) is 0 Å². The van der Waals surface area contributed by atoms with Crippen LogP contribution in [0.5, 0.6) is 0 Å². The van der Waals surface area contributed by atoms with Gasteiger partial charge in [0.05, 0.1) is 7.11 Å². The van der Waals surface area contributed by atoms with E-state index < -0.39 is 5.79 Å². The minimum atomic E-state index is -0.997. The molecule has 0 saturated carbocycles. The second-order valence-corrected chi connectivity index (χ2v) is 2.44. The fourth-order valence-electron chi connectivity index (χ4n) is 1.07. The highest BCUT2D eigenvalue weighted by Crippen LogP contribution is 2.19. The Morgan fingerprint density at radius 3 is 2.00 bits per heavy atom. The average molecular weight is 175 g/mol. The van der Waals surface area contributed by atoms with E-state index in [1.54, 1.807) is 0 Å². The molecule has 0 spiro atoms. The summed E-state index contributed by atoms with van der Waals surface area (Å²) in [4.78, 5) is 0. The van der Waals surface area contributed by atoms with Crippen LogP contribution in [0.2, 0.25) is 0 Å². The normalized spacial score (nSPS) is 11.3. The Kier molecular flexibility index (Phi) is 4.85. The largest absolute Gasteiger partial charge is 0.481 e. The van der Waals surface area contributed by atoms with E-state index in [1.807, 2.05) is 6.92 Å². The van der Waals surface area contributed by atoms with Crippen molar-refractivity contribution in [3.8, 4) is 0 Å². The lowest BCUT2D eigenvalue weighted by Gasteiger charge is -2.29. The first-order chi connectivity index (χ1) is 5.66. The summed E-state index contributed by atoms with van der Waals surface area (Å²) in [5, 5.41) is 7.47. The molecule has 0 atom stereocenters. The van der Waals surface area contributed by atoms with E-state index in [4.69, 9.17) is 19.6 Å². The van der Waals surface area contributed by atoms with Crippen LogP contribution in [0, 0.1) is 5.41 Å². The minimum Gasteiger partial charge on any atom is -0.481 e. The predicted molar refractivity (Wildman–Crippen MR) is 46.4 cm³/mol. The van der Waals surface area contributed by atoms with Crippen LogP contribution in [-0.2, 0) is 14.2 Å². The lowest BCUT2D eigenvalue weighted by molar-refractivity contribution is -0.169. The summed E-state index contributed by atoms with van der Waals surface area (Å²) >= 11 is 0. The molecule has 0 radical (unpaired) electrons. The Balaban J connectivity index is 4.44. The maximum absolute atomic E-state index is 7.47. The van der Waals surface area contributed by atoms with Crippen LogP contribution in [0.4, 0.5) is 0 Å². The maximum Gasteiger partial charge on any atom is 0.245 e. The van der Waals surface area contributed by atoms with Crippen molar-refractivity contribution in [2.75, 3.05) is 21.3 Å². The third-order valence-electron chi connectivity index (χ3n) is 1.79. The van der Waals surface area contributed by atoms with Crippen molar-refractivity contribution >= 4 is 5.90 Å². The molecule has 4 nitrogen and oxygen atoms in total. The molecule has 0 rings (SSSR count). The van der Waals surface area contributed by atoms with Crippen LogP contribution in [0.25, 0.3) is 0 Å². The van der Waals surface area contributed by atoms with Gasteiger partial charge in [0, 0.05) is 20.6 Å². The lowest BCUT2D eigenvalue weighted by atomic mass is 10.1. The van der Waals surface area contributed by atoms with Crippen LogP contribution in [0.3, 0.4) is 0 Å². The molecular formula is C8H17NO3. The highest BCUT2D eigenvalue weighted by atomic mass is 16.7. The fourth-order valence-corrected chi connectivity index (χ4v) is 1.07. The average Bonchev–Trinajstić information content (AvgIpc) is 2.13. The smallest absolute Gasteiger partial charge is 0.245 e. The van der Waals surface area contributed by atoms with E-state index in [-0.39, 0.29) is 5.90 Å². The van der Waals surface area contributed by atoms with Gasteiger partial charge in [0.15, 0.2) is 0 Å². The highest BCUT2D eigenvalue weighted by Gasteiger charge is 2.35. The van der Waals surface area contributed by atoms with Gasteiger partial charge in [-0.1, -0.05) is 13.3 Å². The molecule has 0 aliphatic carbocycles. The zero-order valence-corrected chi connectivity index (χ0v) is 8.14. The van der Waals surface area contributed by atoms with Crippen LogP contribution >= 0.6 is 0 Å². The SMILES string of the molecule is CCCC(OC)(OC)C(=N)OC. The zero-order chi connectivity index (χ0) is 9.61. The third-order valence-corrected chi connectivity index (χ3v) is 1.79. The lowest BCUT2D eigenvalue weighted by Crippen LogP contribution is -2.43. The molecule has 0 saturated heterocycles. The second kappa shape index (κ2) is 5.11. The molecular weight excluding hydrogens is 158 g/mol. The van der Waals surface area contributed by atoms with E-state index in [0.717, 1.165) is 6.42 Å². The van der Waals surface area contributed by atoms with E-state index in [1.165, 1.54) is 21.3 Å². The van der Waals surface area contributed by atoms with Gasteiger partial charge in [-0.15, -0.1) is 0 Å². The van der Waals surface area contributed by atoms with Gasteiger partial charge in [-0.05, 0) is 0 Å². The molecule has 0 bridgehead atoms. The quantitative estimate of drug-likeness (QED) is 0.390. The summed E-state index contributed by atoms with van der Waals surface area (Å²) in [6, 6.07) is 0. The van der Waals surface area contributed by atoms with Gasteiger partial charge in [0.2, 0.25) is 11.7 Å². The van der Waals surface area contributed by atoms with Crippen LogP contribution in [0.15, 0.2) is 0 Å². The first kappa shape index (κ1) is 11.4. The first-order valence-corrected chi connectivity index (χ1v) is 3.90. The summed E-state index contributed by atoms with van der Waals surface area (Å²) in [7, 11) is 4.45. The molecule has 0 fully saturated rings. The molecule has 1 N–H and O–H groups in total. The van der Waals surface area contributed by atoms with Gasteiger partial charge in [0.25, 0.3) is 0 Å². The number of hydrogen-bond donors (Lipinski definition) is 1. The standard InChI is InChI=1S/C8H17NO3/c1-5-6-8(11-3,12-4)7(9)10-2/h9H,5-6H2,1-4H3. The molecule has 0 aliphatic heterocycles. The van der Waals surface area contributed by atoms with E-state index in [2.05, 4.69) is 0 Å². The summed E-state index contributed by atoms with van der Waals surface area (Å²) < 4.78 is 15.0. The number of hydrogen-bond acceptors (Lipinski definition) is 4. The van der Waals surface area contributed by atoms with Gasteiger partial charge in [-0.3, -0.25) is 5.41 Å². The molecule has 0 aromatic heterocycles. The topological polar surface area (TPSA) is 51.5 Å². The number of ether oxygens (including phenoxy) is 3. The zero-order valence-electron chi connectivity index (χ0n) is 8.14. The molecule has 0 aromatic carbocycles. The molecule has 72 valence electrons. The van der Waals surface area contributed by atoms with E-state index >= 15 is 0 Å². The van der Waals surface area contributed by atoms with Crippen molar-refractivity contribution in [3.05, 3.63) is 0 Å². The van der Waals surface area contributed by atoms with Gasteiger partial charge >= 0.3 is 0 Å². The molecule has 0 aliphatic rings. The van der Waals surface area contributed by atoms with Crippen molar-refractivity contribution < 1.29 is 14.2 Å². The van der Waals surface area contributed by atoms with Gasteiger partial charge < -0.3 is 14.2 Å². The molecule has 12 heavy (non-hydrogen) atoms. The summed E-state index contributed by atoms with van der Waals surface area (Å²) in [5.74, 6) is -0.988. The Morgan fingerprint density at radius 2 is 1.75 bits per heavy atom. The van der Waals surface area contributed by atoms with Gasteiger partial charge in [-0.25, -0.2) is 0 Å². The molecule has 0 heterocycles. The van der Waals surface area contributed by atoms with Crippen molar-refractivity contribution in [2.45, 2.75) is 25.6 Å². The van der Waals surface area contributed by atoms with E-state index in [9.17, 15) is 0 Å². The highest BCUT2D eigenvalue weighted by molar-refractivity contribution is 5.80. The Labute approximate surface area is 73.3 Å². The van der Waals surface area contributed by atoms with Crippen molar-refractivity contribution in [2.24, 2.45) is 0 Å². The summed E-state index contributed by atoms with van der Waals surface area (Å²) in [5.41, 5.74) is 0. The van der Waals surface area contributed by atoms with Crippen LogP contribution < -0.4 is 0 Å². The van der Waals surface area contributed by atoms with E-state index in [0.29, 0.717) is 6.42 Å². The number of nitrogens with one attached hydrogen (secondary N) is 1. The van der Waals surface area contributed by atoms with Gasteiger partial charge in [-0.2, -0.15) is 0 Å². The Hall–Kier alpha value is -0.610. The van der Waals surface area contributed by atoms with Crippen LogP contribution in [-0.4, -0.2) is 33.0 Å². The third kappa shape index (κ3) is 2.19. The monoisotopic (exact) mass is 175 g/mol. The van der Waals surface area contributed by atoms with Crippen molar-refractivity contribution in [3.63, 3.8) is 0 Å². The number of methoxy groups -OCH3 is 3. The van der Waals surface area contributed by atoms with Crippen molar-refractivity contribution in [1.29, 1.82) is 5.41 Å². The maximum atomic E-state index is 7.47. The Morgan fingerprint density at radius 1 is 1.25 bits per heavy atom. The molecule has 4 heteroatoms. The summed E-state index contributed by atoms with van der Waals surface area (Å²) in [6.07, 6.45) is 1.49. The number of rotatable bonds is 5. The second-order valence-electron chi connectivity index (χ2n) is 2.44. The Bertz CT molecular complexity index is 143. The first-order valence-electron chi connectivity index (χ1n) is 3.90. The molecule has 0 aromatic rings. The summed E-state index contributed by atoms with van der Waals surface area (Å²) in [6.45, 7) is 2.00. The fraction of sp³-hybridized carbons (Fsp3) is 0.875. The molecule has 0 unspecified atom stereocenters.